The van der Waals surface area contributed by atoms with Gasteiger partial charge in [-0.1, -0.05) is 23.7 Å². The van der Waals surface area contributed by atoms with Gasteiger partial charge in [0.15, 0.2) is 0 Å². The number of hydrogen-bond donors (Lipinski definition) is 2. The predicted octanol–water partition coefficient (Wildman–Crippen LogP) is 3.07. The van der Waals surface area contributed by atoms with Gasteiger partial charge in [0.1, 0.15) is 5.75 Å². The van der Waals surface area contributed by atoms with Gasteiger partial charge in [-0.2, -0.15) is 0 Å². The molecular formula is C15H15ClN2O. The molecule has 3 rings (SSSR count). The number of aromatic hydroxyl groups is 1. The summed E-state index contributed by atoms with van der Waals surface area (Å²) in [7, 11) is 0. The second-order valence-corrected chi connectivity index (χ2v) is 5.18. The molecule has 3 nitrogen and oxygen atoms in total. The minimum Gasteiger partial charge on any atom is -0.508 e. The number of nitrogens with zero attached hydrogens (tertiary/aromatic N) is 1. The standard InChI is InChI=1S/C15H15ClN2O/c16-11-5-4-10-9-18(15(8-17)14(10)6-11)12-2-1-3-13(19)7-12/h1-7,15,19H,8-9,17H2. The number of halogens is 1. The van der Waals surface area contributed by atoms with Crippen molar-refractivity contribution in [2.75, 3.05) is 11.4 Å². The molecule has 3 N–H and O–H groups in total. The number of benzene rings is 2. The van der Waals surface area contributed by atoms with Crippen molar-refractivity contribution in [3.8, 4) is 5.75 Å². The third kappa shape index (κ3) is 2.15. The van der Waals surface area contributed by atoms with Crippen LogP contribution < -0.4 is 10.6 Å². The smallest absolute Gasteiger partial charge is 0.117 e. The Morgan fingerprint density at radius 2 is 2.11 bits per heavy atom. The van der Waals surface area contributed by atoms with Crippen LogP contribution in [0, 0.1) is 0 Å². The SMILES string of the molecule is NCC1c2cc(Cl)ccc2CN1c1cccc(O)c1. The van der Waals surface area contributed by atoms with E-state index in [1.165, 1.54) is 11.1 Å². The molecule has 0 radical (unpaired) electrons. The Kier molecular flexibility index (Phi) is 3.09. The van der Waals surface area contributed by atoms with Gasteiger partial charge in [-0.25, -0.2) is 0 Å². The van der Waals surface area contributed by atoms with Crippen molar-refractivity contribution in [3.05, 3.63) is 58.6 Å². The second kappa shape index (κ2) is 4.76. The van der Waals surface area contributed by atoms with E-state index < -0.39 is 0 Å². The van der Waals surface area contributed by atoms with Crippen molar-refractivity contribution in [2.24, 2.45) is 5.73 Å². The van der Waals surface area contributed by atoms with Gasteiger partial charge in [-0.15, -0.1) is 0 Å². The van der Waals surface area contributed by atoms with Crippen LogP contribution in [0.15, 0.2) is 42.5 Å². The van der Waals surface area contributed by atoms with Crippen LogP contribution in [0.3, 0.4) is 0 Å². The molecule has 0 saturated heterocycles. The van der Waals surface area contributed by atoms with Crippen molar-refractivity contribution in [1.29, 1.82) is 0 Å². The molecule has 1 aliphatic heterocycles. The third-order valence-corrected chi connectivity index (χ3v) is 3.80. The van der Waals surface area contributed by atoms with E-state index in [2.05, 4.69) is 4.90 Å². The van der Waals surface area contributed by atoms with Gasteiger partial charge in [0, 0.05) is 29.9 Å². The fourth-order valence-electron chi connectivity index (χ4n) is 2.68. The van der Waals surface area contributed by atoms with E-state index in [4.69, 9.17) is 17.3 Å². The van der Waals surface area contributed by atoms with Crippen LogP contribution in [0.25, 0.3) is 0 Å². The fourth-order valence-corrected chi connectivity index (χ4v) is 2.86. The summed E-state index contributed by atoms with van der Waals surface area (Å²) in [6.45, 7) is 1.31. The van der Waals surface area contributed by atoms with Crippen molar-refractivity contribution < 1.29 is 5.11 Å². The van der Waals surface area contributed by atoms with Crippen molar-refractivity contribution >= 4 is 17.3 Å². The van der Waals surface area contributed by atoms with E-state index in [0.29, 0.717) is 6.54 Å². The van der Waals surface area contributed by atoms with Crippen molar-refractivity contribution in [1.82, 2.24) is 0 Å². The molecule has 0 amide bonds. The average molecular weight is 275 g/mol. The minimum absolute atomic E-state index is 0.107. The fraction of sp³-hybridized carbons (Fsp3) is 0.200. The zero-order chi connectivity index (χ0) is 13.4. The lowest BCUT2D eigenvalue weighted by atomic mass is 10.1. The molecule has 0 aromatic heterocycles. The van der Waals surface area contributed by atoms with E-state index in [1.807, 2.05) is 30.3 Å². The van der Waals surface area contributed by atoms with E-state index in [-0.39, 0.29) is 11.8 Å². The van der Waals surface area contributed by atoms with Crippen LogP contribution in [0.2, 0.25) is 5.02 Å². The first kappa shape index (κ1) is 12.3. The van der Waals surface area contributed by atoms with E-state index in [0.717, 1.165) is 17.3 Å². The number of phenolic OH excluding ortho intramolecular Hbond substituents is 1. The lowest BCUT2D eigenvalue weighted by Gasteiger charge is -2.26. The number of anilines is 1. The highest BCUT2D eigenvalue weighted by Gasteiger charge is 2.29. The van der Waals surface area contributed by atoms with Gasteiger partial charge in [0.25, 0.3) is 0 Å². The molecule has 4 heteroatoms. The topological polar surface area (TPSA) is 49.5 Å². The Labute approximate surface area is 117 Å². The number of phenols is 1. The highest BCUT2D eigenvalue weighted by atomic mass is 35.5. The lowest BCUT2D eigenvalue weighted by molar-refractivity contribution is 0.475. The number of rotatable bonds is 2. The average Bonchev–Trinajstić information content (AvgIpc) is 2.76. The maximum absolute atomic E-state index is 9.61. The highest BCUT2D eigenvalue weighted by Crippen LogP contribution is 2.38. The van der Waals surface area contributed by atoms with E-state index >= 15 is 0 Å². The first-order valence-electron chi connectivity index (χ1n) is 6.23. The zero-order valence-electron chi connectivity index (χ0n) is 10.4. The molecule has 98 valence electrons. The zero-order valence-corrected chi connectivity index (χ0v) is 11.1. The summed E-state index contributed by atoms with van der Waals surface area (Å²) in [6, 6.07) is 13.3. The predicted molar refractivity (Wildman–Crippen MR) is 77.5 cm³/mol. The number of hydrogen-bond acceptors (Lipinski definition) is 3. The molecule has 19 heavy (non-hydrogen) atoms. The Bertz CT molecular complexity index is 615. The Morgan fingerprint density at radius 1 is 1.26 bits per heavy atom. The summed E-state index contributed by atoms with van der Waals surface area (Å²) in [4.78, 5) is 2.20. The summed E-state index contributed by atoms with van der Waals surface area (Å²) in [5.41, 5.74) is 9.31. The Hall–Kier alpha value is -1.71. The van der Waals surface area contributed by atoms with Gasteiger partial charge in [-0.05, 0) is 35.4 Å². The maximum Gasteiger partial charge on any atom is 0.117 e. The molecular weight excluding hydrogens is 260 g/mol. The normalized spacial score (nSPS) is 17.6. The highest BCUT2D eigenvalue weighted by molar-refractivity contribution is 6.30. The second-order valence-electron chi connectivity index (χ2n) is 4.74. The van der Waals surface area contributed by atoms with Gasteiger partial charge in [0.2, 0.25) is 0 Å². The first-order valence-corrected chi connectivity index (χ1v) is 6.61. The van der Waals surface area contributed by atoms with Crippen LogP contribution in [0.4, 0.5) is 5.69 Å². The van der Waals surface area contributed by atoms with Crippen LogP contribution >= 0.6 is 11.6 Å². The summed E-state index contributed by atoms with van der Waals surface area (Å²) >= 11 is 6.07. The summed E-state index contributed by atoms with van der Waals surface area (Å²) in [5.74, 6) is 0.266. The Balaban J connectivity index is 2.02. The molecule has 1 aliphatic rings. The molecule has 1 atom stereocenters. The number of fused-ring (bicyclic) bond motifs is 1. The van der Waals surface area contributed by atoms with Crippen LogP contribution in [0.1, 0.15) is 17.2 Å². The molecule has 1 unspecified atom stereocenters. The first-order chi connectivity index (χ1) is 9.19. The van der Waals surface area contributed by atoms with Gasteiger partial charge in [-0.3, -0.25) is 0 Å². The van der Waals surface area contributed by atoms with Crippen molar-refractivity contribution in [3.63, 3.8) is 0 Å². The Morgan fingerprint density at radius 3 is 2.84 bits per heavy atom. The van der Waals surface area contributed by atoms with Crippen LogP contribution in [0.5, 0.6) is 5.75 Å². The minimum atomic E-state index is 0.107. The van der Waals surface area contributed by atoms with Crippen LogP contribution in [-0.4, -0.2) is 11.7 Å². The number of nitrogens with two attached hydrogens (primary N) is 1. The largest absolute Gasteiger partial charge is 0.508 e. The molecule has 0 saturated carbocycles. The monoisotopic (exact) mass is 274 g/mol. The molecule has 2 aromatic rings. The maximum atomic E-state index is 9.61. The molecule has 0 aliphatic carbocycles. The van der Waals surface area contributed by atoms with Gasteiger partial charge >= 0.3 is 0 Å². The third-order valence-electron chi connectivity index (χ3n) is 3.57. The van der Waals surface area contributed by atoms with Crippen LogP contribution in [-0.2, 0) is 6.54 Å². The summed E-state index contributed by atoms with van der Waals surface area (Å²) in [5, 5.41) is 10.3. The van der Waals surface area contributed by atoms with E-state index in [1.54, 1.807) is 12.1 Å². The molecule has 0 bridgehead atoms. The molecule has 1 heterocycles. The van der Waals surface area contributed by atoms with E-state index in [9.17, 15) is 5.11 Å². The molecule has 0 spiro atoms. The van der Waals surface area contributed by atoms with Gasteiger partial charge in [0.05, 0.1) is 6.04 Å². The lowest BCUT2D eigenvalue weighted by Crippen LogP contribution is -2.27. The summed E-state index contributed by atoms with van der Waals surface area (Å²) < 4.78 is 0. The van der Waals surface area contributed by atoms with Gasteiger partial charge < -0.3 is 15.7 Å². The van der Waals surface area contributed by atoms with Crippen molar-refractivity contribution in [2.45, 2.75) is 12.6 Å². The molecule has 0 fully saturated rings. The quantitative estimate of drug-likeness (QED) is 0.885. The summed E-state index contributed by atoms with van der Waals surface area (Å²) in [6.07, 6.45) is 0. The molecule has 2 aromatic carbocycles.